The Bertz CT molecular complexity index is 403. The van der Waals surface area contributed by atoms with Gasteiger partial charge in [0.15, 0.2) is 12.4 Å². The highest BCUT2D eigenvalue weighted by Crippen LogP contribution is 2.14. The molecule has 0 saturated carbocycles. The summed E-state index contributed by atoms with van der Waals surface area (Å²) >= 11 is 3.51. The lowest BCUT2D eigenvalue weighted by molar-refractivity contribution is -0.596. The summed E-state index contributed by atoms with van der Waals surface area (Å²) in [5.41, 5.74) is 1.16. The SMILES string of the molecule is Brc1ccccc1-[n+]1ccccc1.[Cl-]. The largest absolute Gasteiger partial charge is 1.00 e. The number of pyridine rings is 1. The van der Waals surface area contributed by atoms with Gasteiger partial charge in [0.05, 0.1) is 4.47 Å². The standard InChI is InChI=1S/C11H9BrN.ClH/c12-10-6-2-3-7-11(10)13-8-4-1-5-9-13;/h1-9H;1H/q+1;/p-1. The Balaban J connectivity index is 0.000000980. The van der Waals surface area contributed by atoms with E-state index in [0.29, 0.717) is 0 Å². The highest BCUT2D eigenvalue weighted by atomic mass is 79.9. The van der Waals surface area contributed by atoms with Crippen LogP contribution in [0.2, 0.25) is 0 Å². The van der Waals surface area contributed by atoms with E-state index in [2.05, 4.69) is 26.6 Å². The van der Waals surface area contributed by atoms with Gasteiger partial charge in [-0.25, -0.2) is 0 Å². The van der Waals surface area contributed by atoms with Crippen molar-refractivity contribution in [2.45, 2.75) is 0 Å². The molecule has 2 aromatic rings. The molecule has 0 amide bonds. The van der Waals surface area contributed by atoms with Gasteiger partial charge in [0.25, 0.3) is 0 Å². The number of nitrogens with zero attached hydrogens (tertiary/aromatic N) is 1. The van der Waals surface area contributed by atoms with Crippen LogP contribution in [0.15, 0.2) is 59.3 Å². The van der Waals surface area contributed by atoms with Crippen LogP contribution in [0.1, 0.15) is 0 Å². The third kappa shape index (κ3) is 2.34. The van der Waals surface area contributed by atoms with E-state index in [1.807, 2.05) is 48.8 Å². The Morgan fingerprint density at radius 2 is 1.50 bits per heavy atom. The summed E-state index contributed by atoms with van der Waals surface area (Å²) in [5, 5.41) is 0. The topological polar surface area (TPSA) is 3.88 Å². The molecule has 0 saturated heterocycles. The molecule has 0 spiro atoms. The van der Waals surface area contributed by atoms with Crippen LogP contribution < -0.4 is 17.0 Å². The molecular weight excluding hydrogens is 261 g/mol. The van der Waals surface area contributed by atoms with Gasteiger partial charge >= 0.3 is 0 Å². The zero-order valence-electron chi connectivity index (χ0n) is 7.40. The Morgan fingerprint density at radius 1 is 0.857 bits per heavy atom. The van der Waals surface area contributed by atoms with Gasteiger partial charge in [-0.3, -0.25) is 0 Å². The van der Waals surface area contributed by atoms with Crippen molar-refractivity contribution >= 4 is 15.9 Å². The minimum Gasteiger partial charge on any atom is -1.00 e. The van der Waals surface area contributed by atoms with Gasteiger partial charge in [-0.15, -0.1) is 0 Å². The zero-order valence-corrected chi connectivity index (χ0v) is 9.74. The van der Waals surface area contributed by atoms with Crippen molar-refractivity contribution in [3.8, 4) is 5.69 Å². The molecule has 0 aliphatic rings. The van der Waals surface area contributed by atoms with E-state index in [1.165, 1.54) is 0 Å². The molecular formula is C11H9BrClN. The van der Waals surface area contributed by atoms with E-state index in [0.717, 1.165) is 10.2 Å². The average Bonchev–Trinajstić information content (AvgIpc) is 2.20. The lowest BCUT2D eigenvalue weighted by atomic mass is 10.3. The first-order valence-corrected chi connectivity index (χ1v) is 4.88. The summed E-state index contributed by atoms with van der Waals surface area (Å²) in [6, 6.07) is 14.2. The molecule has 0 atom stereocenters. The monoisotopic (exact) mass is 269 g/mol. The number of hydrogen-bond acceptors (Lipinski definition) is 0. The summed E-state index contributed by atoms with van der Waals surface area (Å²) in [5.74, 6) is 0. The van der Waals surface area contributed by atoms with E-state index in [-0.39, 0.29) is 12.4 Å². The van der Waals surface area contributed by atoms with Gasteiger partial charge in [0.1, 0.15) is 0 Å². The van der Waals surface area contributed by atoms with E-state index >= 15 is 0 Å². The van der Waals surface area contributed by atoms with Crippen LogP contribution in [0.3, 0.4) is 0 Å². The summed E-state index contributed by atoms with van der Waals surface area (Å²) in [6.45, 7) is 0. The predicted octanol–water partition coefficient (Wildman–Crippen LogP) is -0.270. The molecule has 1 aromatic heterocycles. The smallest absolute Gasteiger partial charge is 0.224 e. The zero-order chi connectivity index (χ0) is 9.10. The van der Waals surface area contributed by atoms with Crippen molar-refractivity contribution in [1.29, 1.82) is 0 Å². The molecule has 3 heteroatoms. The average molecular weight is 271 g/mol. The quantitative estimate of drug-likeness (QED) is 0.628. The Labute approximate surface area is 97.9 Å². The van der Waals surface area contributed by atoms with Crippen molar-refractivity contribution in [3.63, 3.8) is 0 Å². The highest BCUT2D eigenvalue weighted by molar-refractivity contribution is 9.10. The van der Waals surface area contributed by atoms with E-state index in [9.17, 15) is 0 Å². The fourth-order valence-corrected chi connectivity index (χ4v) is 1.71. The molecule has 0 bridgehead atoms. The first-order valence-electron chi connectivity index (χ1n) is 4.09. The Hall–Kier alpha value is -0.860. The van der Waals surface area contributed by atoms with Gasteiger partial charge in [-0.1, -0.05) is 18.2 Å². The van der Waals surface area contributed by atoms with Crippen LogP contribution in [0, 0.1) is 0 Å². The van der Waals surface area contributed by atoms with Crippen LogP contribution in [0.4, 0.5) is 0 Å². The van der Waals surface area contributed by atoms with Gasteiger partial charge in [-0.05, 0) is 22.0 Å². The Morgan fingerprint density at radius 3 is 2.14 bits per heavy atom. The summed E-state index contributed by atoms with van der Waals surface area (Å²) in [4.78, 5) is 0. The molecule has 1 nitrogen and oxygen atoms in total. The third-order valence-corrected chi connectivity index (χ3v) is 2.52. The van der Waals surface area contributed by atoms with Crippen molar-refractivity contribution in [2.24, 2.45) is 0 Å². The van der Waals surface area contributed by atoms with Crippen molar-refractivity contribution in [1.82, 2.24) is 0 Å². The fourth-order valence-electron chi connectivity index (χ4n) is 1.22. The van der Waals surface area contributed by atoms with E-state index in [1.54, 1.807) is 0 Å². The first-order chi connectivity index (χ1) is 6.38. The predicted molar refractivity (Wildman–Crippen MR) is 55.7 cm³/mol. The molecule has 0 radical (unpaired) electrons. The maximum absolute atomic E-state index is 3.51. The summed E-state index contributed by atoms with van der Waals surface area (Å²) < 4.78 is 3.18. The molecule has 72 valence electrons. The molecule has 0 unspecified atom stereocenters. The van der Waals surface area contributed by atoms with Crippen LogP contribution in [-0.2, 0) is 0 Å². The summed E-state index contributed by atoms with van der Waals surface area (Å²) in [6.07, 6.45) is 4.06. The van der Waals surface area contributed by atoms with Crippen LogP contribution in [0.5, 0.6) is 0 Å². The van der Waals surface area contributed by atoms with Gasteiger partial charge in [-0.2, -0.15) is 4.57 Å². The number of benzene rings is 1. The lowest BCUT2D eigenvalue weighted by Crippen LogP contribution is -3.00. The second kappa shape index (κ2) is 5.13. The second-order valence-electron chi connectivity index (χ2n) is 2.73. The molecule has 1 heterocycles. The highest BCUT2D eigenvalue weighted by Gasteiger charge is 2.07. The number of halogens is 2. The minimum absolute atomic E-state index is 0. The molecule has 0 fully saturated rings. The maximum atomic E-state index is 3.51. The van der Waals surface area contributed by atoms with Crippen molar-refractivity contribution < 1.29 is 17.0 Å². The second-order valence-corrected chi connectivity index (χ2v) is 3.59. The van der Waals surface area contributed by atoms with Gasteiger partial charge in [0, 0.05) is 18.2 Å². The minimum atomic E-state index is 0. The first kappa shape index (κ1) is 11.2. The molecule has 14 heavy (non-hydrogen) atoms. The van der Waals surface area contributed by atoms with Gasteiger partial charge < -0.3 is 12.4 Å². The number of hydrogen-bond donors (Lipinski definition) is 0. The fraction of sp³-hybridized carbons (Fsp3) is 0. The molecule has 2 rings (SSSR count). The molecule has 1 aromatic carbocycles. The molecule has 0 N–H and O–H groups in total. The normalized spacial score (nSPS) is 9.21. The van der Waals surface area contributed by atoms with Crippen LogP contribution >= 0.6 is 15.9 Å². The van der Waals surface area contributed by atoms with Gasteiger partial charge in [0.2, 0.25) is 5.69 Å². The van der Waals surface area contributed by atoms with E-state index in [4.69, 9.17) is 0 Å². The molecule has 0 aliphatic heterocycles. The maximum Gasteiger partial charge on any atom is 0.224 e. The number of para-hydroxylation sites is 1. The third-order valence-electron chi connectivity index (χ3n) is 1.85. The van der Waals surface area contributed by atoms with Crippen molar-refractivity contribution in [3.05, 3.63) is 59.3 Å². The number of rotatable bonds is 1. The lowest BCUT2D eigenvalue weighted by Gasteiger charge is -1.96. The summed E-state index contributed by atoms with van der Waals surface area (Å²) in [7, 11) is 0. The number of aromatic nitrogens is 1. The van der Waals surface area contributed by atoms with Crippen LogP contribution in [0.25, 0.3) is 5.69 Å². The Kier molecular flexibility index (Phi) is 4.11. The van der Waals surface area contributed by atoms with E-state index < -0.39 is 0 Å². The molecule has 0 aliphatic carbocycles. The van der Waals surface area contributed by atoms with Crippen LogP contribution in [-0.4, -0.2) is 0 Å². The van der Waals surface area contributed by atoms with Crippen molar-refractivity contribution in [2.75, 3.05) is 0 Å².